The molecule has 2 aromatic rings. The predicted molar refractivity (Wildman–Crippen MR) is 73.2 cm³/mol. The van der Waals surface area contributed by atoms with Crippen molar-refractivity contribution in [3.8, 4) is 11.8 Å². The van der Waals surface area contributed by atoms with E-state index in [1.165, 1.54) is 5.56 Å². The molecule has 0 saturated carbocycles. The molecule has 0 spiro atoms. The average Bonchev–Trinajstić information content (AvgIpc) is 2.80. The first-order valence-corrected chi connectivity index (χ1v) is 6.59. The molecule has 3 nitrogen and oxygen atoms in total. The number of oxazole rings is 1. The van der Waals surface area contributed by atoms with Crippen LogP contribution < -0.4 is 5.73 Å². The van der Waals surface area contributed by atoms with E-state index in [4.69, 9.17) is 10.2 Å². The van der Waals surface area contributed by atoms with Gasteiger partial charge in [-0.2, -0.15) is 0 Å². The second-order valence-electron chi connectivity index (χ2n) is 3.75. The van der Waals surface area contributed by atoms with E-state index in [1.807, 2.05) is 19.1 Å². The molecule has 1 aromatic carbocycles. The summed E-state index contributed by atoms with van der Waals surface area (Å²) in [5.41, 5.74) is 8.44. The highest BCUT2D eigenvalue weighted by atomic mass is 32.2. The van der Waals surface area contributed by atoms with Crippen LogP contribution in [0, 0.1) is 18.8 Å². The highest BCUT2D eigenvalue weighted by Crippen LogP contribution is 2.22. The number of aryl methyl sites for hydroxylation is 1. The van der Waals surface area contributed by atoms with Crippen LogP contribution in [0.4, 0.5) is 0 Å². The normalized spacial score (nSPS) is 9.89. The van der Waals surface area contributed by atoms with Crippen LogP contribution >= 0.6 is 11.8 Å². The van der Waals surface area contributed by atoms with E-state index in [0.717, 1.165) is 17.0 Å². The molecule has 2 rings (SSSR count). The number of nitrogens with zero attached hydrogens (tertiary/aromatic N) is 1. The van der Waals surface area contributed by atoms with Crippen LogP contribution in [0.1, 0.15) is 16.8 Å². The van der Waals surface area contributed by atoms with Crippen LogP contribution in [-0.4, -0.2) is 11.5 Å². The molecular formula is C14H14N2OS. The van der Waals surface area contributed by atoms with Gasteiger partial charge in [-0.1, -0.05) is 35.7 Å². The van der Waals surface area contributed by atoms with Gasteiger partial charge in [0.1, 0.15) is 6.26 Å². The molecule has 0 aliphatic heterocycles. The molecule has 0 aliphatic rings. The Morgan fingerprint density at radius 1 is 1.44 bits per heavy atom. The molecule has 0 saturated heterocycles. The lowest BCUT2D eigenvalue weighted by molar-refractivity contribution is 0.454. The van der Waals surface area contributed by atoms with Gasteiger partial charge in [0.2, 0.25) is 0 Å². The smallest absolute Gasteiger partial charge is 0.256 e. The van der Waals surface area contributed by atoms with E-state index in [9.17, 15) is 0 Å². The van der Waals surface area contributed by atoms with Gasteiger partial charge in [0.05, 0.1) is 12.2 Å². The number of aromatic nitrogens is 1. The molecular weight excluding hydrogens is 244 g/mol. The molecule has 1 heterocycles. The summed E-state index contributed by atoms with van der Waals surface area (Å²) < 4.78 is 5.29. The molecule has 0 fully saturated rings. The van der Waals surface area contributed by atoms with Crippen LogP contribution in [0.2, 0.25) is 0 Å². The number of hydrogen-bond acceptors (Lipinski definition) is 4. The maximum absolute atomic E-state index is 5.35. The molecule has 4 heteroatoms. The summed E-state index contributed by atoms with van der Waals surface area (Å²) in [4.78, 5) is 4.25. The highest BCUT2D eigenvalue weighted by Gasteiger charge is 2.02. The van der Waals surface area contributed by atoms with Crippen molar-refractivity contribution >= 4 is 11.8 Å². The molecule has 0 aliphatic carbocycles. The fourth-order valence-corrected chi connectivity index (χ4v) is 2.23. The van der Waals surface area contributed by atoms with Gasteiger partial charge in [-0.3, -0.25) is 0 Å². The van der Waals surface area contributed by atoms with Crippen molar-refractivity contribution in [3.05, 3.63) is 47.3 Å². The Balaban J connectivity index is 2.01. The van der Waals surface area contributed by atoms with Gasteiger partial charge < -0.3 is 10.2 Å². The molecule has 2 N–H and O–H groups in total. The van der Waals surface area contributed by atoms with Crippen LogP contribution in [0.15, 0.2) is 40.2 Å². The SMILES string of the molecule is Cc1coc(SCc2cccc(C#CCN)c2)n1. The fourth-order valence-electron chi connectivity index (χ4n) is 1.44. The van der Waals surface area contributed by atoms with Crippen molar-refractivity contribution in [1.29, 1.82) is 0 Å². The minimum Gasteiger partial charge on any atom is -0.440 e. The lowest BCUT2D eigenvalue weighted by Gasteiger charge is -1.99. The number of thioether (sulfide) groups is 1. The Labute approximate surface area is 111 Å². The van der Waals surface area contributed by atoms with Crippen LogP contribution in [-0.2, 0) is 5.75 Å². The number of nitrogens with two attached hydrogens (primary N) is 1. The zero-order valence-corrected chi connectivity index (χ0v) is 11.0. The van der Waals surface area contributed by atoms with E-state index in [-0.39, 0.29) is 0 Å². The van der Waals surface area contributed by atoms with Crippen molar-refractivity contribution in [2.24, 2.45) is 5.73 Å². The number of hydrogen-bond donors (Lipinski definition) is 1. The molecule has 92 valence electrons. The second-order valence-corrected chi connectivity index (χ2v) is 4.68. The number of rotatable bonds is 3. The summed E-state index contributed by atoms with van der Waals surface area (Å²) in [6, 6.07) is 8.10. The molecule has 0 amide bonds. The summed E-state index contributed by atoms with van der Waals surface area (Å²) in [5, 5.41) is 0.700. The van der Waals surface area contributed by atoms with E-state index in [2.05, 4.69) is 29.0 Å². The van der Waals surface area contributed by atoms with Gasteiger partial charge in [0.25, 0.3) is 5.22 Å². The van der Waals surface area contributed by atoms with E-state index in [1.54, 1.807) is 18.0 Å². The topological polar surface area (TPSA) is 52.0 Å². The van der Waals surface area contributed by atoms with Crippen molar-refractivity contribution in [2.75, 3.05) is 6.54 Å². The predicted octanol–water partition coefficient (Wildman–Crippen LogP) is 2.59. The summed E-state index contributed by atoms with van der Waals surface area (Å²) in [6.45, 7) is 2.30. The Morgan fingerprint density at radius 3 is 3.06 bits per heavy atom. The maximum atomic E-state index is 5.35. The third-order valence-electron chi connectivity index (χ3n) is 2.22. The van der Waals surface area contributed by atoms with Gasteiger partial charge >= 0.3 is 0 Å². The molecule has 0 radical (unpaired) electrons. The van der Waals surface area contributed by atoms with Crippen LogP contribution in [0.5, 0.6) is 0 Å². The number of benzene rings is 1. The molecule has 0 unspecified atom stereocenters. The monoisotopic (exact) mass is 258 g/mol. The summed E-state index contributed by atoms with van der Waals surface area (Å²) in [7, 11) is 0. The summed E-state index contributed by atoms with van der Waals surface area (Å²) in [5.74, 6) is 6.69. The maximum Gasteiger partial charge on any atom is 0.256 e. The Hall–Kier alpha value is -1.70. The Kier molecular flexibility index (Phi) is 4.46. The Bertz CT molecular complexity index is 581. The van der Waals surface area contributed by atoms with Gasteiger partial charge in [-0.25, -0.2) is 4.98 Å². The van der Waals surface area contributed by atoms with Crippen LogP contribution in [0.3, 0.4) is 0 Å². The third-order valence-corrected chi connectivity index (χ3v) is 3.13. The molecule has 1 aromatic heterocycles. The van der Waals surface area contributed by atoms with Crippen molar-refractivity contribution in [3.63, 3.8) is 0 Å². The zero-order chi connectivity index (χ0) is 12.8. The van der Waals surface area contributed by atoms with Crippen molar-refractivity contribution in [2.45, 2.75) is 17.9 Å². The standard InChI is InChI=1S/C14H14N2OS/c1-11-9-17-14(16-11)18-10-13-5-2-4-12(8-13)6-3-7-15/h2,4-5,8-9H,7,10,15H2,1H3. The summed E-state index contributed by atoms with van der Waals surface area (Å²) >= 11 is 1.58. The van der Waals surface area contributed by atoms with E-state index >= 15 is 0 Å². The van der Waals surface area contributed by atoms with Crippen molar-refractivity contribution in [1.82, 2.24) is 4.98 Å². The first-order valence-electron chi connectivity index (χ1n) is 5.61. The quantitative estimate of drug-likeness (QED) is 0.679. The van der Waals surface area contributed by atoms with Gasteiger partial charge in [0, 0.05) is 11.3 Å². The minimum atomic E-state index is 0.384. The van der Waals surface area contributed by atoms with E-state index in [0.29, 0.717) is 11.8 Å². The van der Waals surface area contributed by atoms with Crippen molar-refractivity contribution < 1.29 is 4.42 Å². The van der Waals surface area contributed by atoms with Gasteiger partial charge in [0.15, 0.2) is 0 Å². The second kappa shape index (κ2) is 6.29. The highest BCUT2D eigenvalue weighted by molar-refractivity contribution is 7.98. The fraction of sp³-hybridized carbons (Fsp3) is 0.214. The first-order chi connectivity index (χ1) is 8.78. The lowest BCUT2D eigenvalue weighted by Crippen LogP contribution is -1.93. The first kappa shape index (κ1) is 12.7. The lowest BCUT2D eigenvalue weighted by atomic mass is 10.1. The molecule has 0 bridgehead atoms. The third kappa shape index (κ3) is 3.66. The van der Waals surface area contributed by atoms with Crippen LogP contribution in [0.25, 0.3) is 0 Å². The molecule has 18 heavy (non-hydrogen) atoms. The van der Waals surface area contributed by atoms with Gasteiger partial charge in [-0.05, 0) is 24.6 Å². The minimum absolute atomic E-state index is 0.384. The summed E-state index contributed by atoms with van der Waals surface area (Å²) in [6.07, 6.45) is 1.66. The van der Waals surface area contributed by atoms with Gasteiger partial charge in [-0.15, -0.1) is 0 Å². The average molecular weight is 258 g/mol. The largest absolute Gasteiger partial charge is 0.440 e. The van der Waals surface area contributed by atoms with E-state index < -0.39 is 0 Å². The zero-order valence-electron chi connectivity index (χ0n) is 10.1. The Morgan fingerprint density at radius 2 is 2.33 bits per heavy atom. The molecule has 0 atom stereocenters.